The van der Waals surface area contributed by atoms with E-state index >= 15 is 0 Å². The Labute approximate surface area is 79.8 Å². The van der Waals surface area contributed by atoms with Crippen LogP contribution in [-0.4, -0.2) is 16.7 Å². The lowest BCUT2D eigenvalue weighted by Crippen LogP contribution is -2.46. The molecule has 3 nitrogen and oxygen atoms in total. The minimum atomic E-state index is -1.13. The van der Waals surface area contributed by atoms with Gasteiger partial charge in [-0.05, 0) is 26.2 Å². The van der Waals surface area contributed by atoms with E-state index in [4.69, 9.17) is 0 Å². The Bertz CT molecular complexity index is 207. The molecule has 0 aromatic rings. The lowest BCUT2D eigenvalue weighted by Gasteiger charge is -2.26. The van der Waals surface area contributed by atoms with Crippen LogP contribution in [0.1, 0.15) is 34.1 Å². The van der Waals surface area contributed by atoms with Gasteiger partial charge in [-0.2, -0.15) is 0 Å². The highest BCUT2D eigenvalue weighted by molar-refractivity contribution is 5.92. The van der Waals surface area contributed by atoms with E-state index in [1.165, 1.54) is 0 Å². The molecule has 0 aliphatic carbocycles. The smallest absolute Gasteiger partial charge is 0.248 e. The van der Waals surface area contributed by atoms with Gasteiger partial charge < -0.3 is 10.4 Å². The summed E-state index contributed by atoms with van der Waals surface area (Å²) >= 11 is 0. The summed E-state index contributed by atoms with van der Waals surface area (Å²) in [7, 11) is 0. The van der Waals surface area contributed by atoms with Gasteiger partial charge in [0, 0.05) is 5.57 Å². The molecule has 0 fully saturated rings. The van der Waals surface area contributed by atoms with Crippen molar-refractivity contribution in [3.8, 4) is 0 Å². The monoisotopic (exact) mass is 185 g/mol. The maximum atomic E-state index is 11.2. The second kappa shape index (κ2) is 4.42. The van der Waals surface area contributed by atoms with E-state index in [0.717, 1.165) is 0 Å². The fraction of sp³-hybridized carbons (Fsp3) is 0.700. The van der Waals surface area contributed by atoms with Crippen LogP contribution in [0.3, 0.4) is 0 Å². The molecular weight excluding hydrogens is 166 g/mol. The van der Waals surface area contributed by atoms with Crippen molar-refractivity contribution in [1.82, 2.24) is 5.32 Å². The zero-order valence-corrected chi connectivity index (χ0v) is 8.85. The number of hydrogen-bond donors (Lipinski definition) is 2. The standard InChI is InChI=1S/C10H19NO2/c1-7(2)6-10(5,13)11-9(12)8(3)4/h7,13H,3,6H2,1-2,4-5H3,(H,11,12). The van der Waals surface area contributed by atoms with Gasteiger partial charge in [-0.15, -0.1) is 0 Å². The average molecular weight is 185 g/mol. The number of aliphatic hydroxyl groups is 1. The van der Waals surface area contributed by atoms with Crippen molar-refractivity contribution < 1.29 is 9.90 Å². The topological polar surface area (TPSA) is 49.3 Å². The van der Waals surface area contributed by atoms with Gasteiger partial charge in [0.25, 0.3) is 0 Å². The Morgan fingerprint density at radius 1 is 1.62 bits per heavy atom. The molecular formula is C10H19NO2. The second-order valence-electron chi connectivity index (χ2n) is 4.11. The van der Waals surface area contributed by atoms with Crippen molar-refractivity contribution in [3.63, 3.8) is 0 Å². The number of nitrogens with one attached hydrogen (secondary N) is 1. The zero-order valence-electron chi connectivity index (χ0n) is 8.85. The third kappa shape index (κ3) is 5.42. The summed E-state index contributed by atoms with van der Waals surface area (Å²) in [5.41, 5.74) is -0.728. The number of amides is 1. The third-order valence-corrected chi connectivity index (χ3v) is 1.58. The lowest BCUT2D eigenvalue weighted by atomic mass is 10.0. The summed E-state index contributed by atoms with van der Waals surface area (Å²) in [4.78, 5) is 11.2. The first-order chi connectivity index (χ1) is 5.74. The molecule has 1 atom stereocenters. The quantitative estimate of drug-likeness (QED) is 0.514. The number of rotatable bonds is 4. The van der Waals surface area contributed by atoms with Gasteiger partial charge in [-0.25, -0.2) is 0 Å². The van der Waals surface area contributed by atoms with Gasteiger partial charge in [-0.3, -0.25) is 4.79 Å². The molecule has 0 spiro atoms. The maximum absolute atomic E-state index is 11.2. The van der Waals surface area contributed by atoms with Crippen molar-refractivity contribution in [1.29, 1.82) is 0 Å². The van der Waals surface area contributed by atoms with Crippen LogP contribution in [0.2, 0.25) is 0 Å². The predicted molar refractivity (Wildman–Crippen MR) is 53.0 cm³/mol. The van der Waals surface area contributed by atoms with Gasteiger partial charge in [-0.1, -0.05) is 20.4 Å². The molecule has 13 heavy (non-hydrogen) atoms. The van der Waals surface area contributed by atoms with Crippen LogP contribution < -0.4 is 5.32 Å². The van der Waals surface area contributed by atoms with Crippen LogP contribution in [-0.2, 0) is 4.79 Å². The van der Waals surface area contributed by atoms with Gasteiger partial charge in [0.1, 0.15) is 5.72 Å². The first kappa shape index (κ1) is 12.2. The van der Waals surface area contributed by atoms with E-state index in [1.54, 1.807) is 13.8 Å². The van der Waals surface area contributed by atoms with Crippen LogP contribution in [0.25, 0.3) is 0 Å². The Morgan fingerprint density at radius 2 is 2.08 bits per heavy atom. The second-order valence-corrected chi connectivity index (χ2v) is 4.11. The van der Waals surface area contributed by atoms with E-state index in [1.807, 2.05) is 13.8 Å². The molecule has 0 aliphatic heterocycles. The van der Waals surface area contributed by atoms with Gasteiger partial charge in [0.05, 0.1) is 0 Å². The molecule has 0 rings (SSSR count). The molecule has 0 saturated heterocycles. The number of carbonyl (C=O) groups is 1. The van der Waals surface area contributed by atoms with Crippen LogP contribution in [0.4, 0.5) is 0 Å². The van der Waals surface area contributed by atoms with Crippen LogP contribution in [0.15, 0.2) is 12.2 Å². The molecule has 0 radical (unpaired) electrons. The predicted octanol–water partition coefficient (Wildman–Crippen LogP) is 1.43. The van der Waals surface area contributed by atoms with E-state index in [9.17, 15) is 9.90 Å². The summed E-state index contributed by atoms with van der Waals surface area (Å²) in [6, 6.07) is 0. The fourth-order valence-electron chi connectivity index (χ4n) is 1.20. The average Bonchev–Trinajstić information content (AvgIpc) is 1.81. The Balaban J connectivity index is 4.16. The molecule has 1 unspecified atom stereocenters. The SMILES string of the molecule is C=C(C)C(=O)NC(C)(O)CC(C)C. The molecule has 0 aromatic carbocycles. The van der Waals surface area contributed by atoms with Crippen LogP contribution in [0, 0.1) is 5.92 Å². The summed E-state index contributed by atoms with van der Waals surface area (Å²) in [6.07, 6.45) is 0.534. The number of hydrogen-bond acceptors (Lipinski definition) is 2. The molecule has 76 valence electrons. The molecule has 0 aromatic heterocycles. The summed E-state index contributed by atoms with van der Waals surface area (Å²) in [5.74, 6) is 0.0334. The van der Waals surface area contributed by atoms with Crippen molar-refractivity contribution in [2.75, 3.05) is 0 Å². The van der Waals surface area contributed by atoms with Gasteiger partial charge in [0.15, 0.2) is 0 Å². The molecule has 2 N–H and O–H groups in total. The minimum absolute atomic E-state index is 0.300. The third-order valence-electron chi connectivity index (χ3n) is 1.58. The van der Waals surface area contributed by atoms with Crippen molar-refractivity contribution in [3.05, 3.63) is 12.2 Å². The first-order valence-electron chi connectivity index (χ1n) is 4.45. The highest BCUT2D eigenvalue weighted by atomic mass is 16.3. The normalized spacial score (nSPS) is 15.2. The van der Waals surface area contributed by atoms with Crippen molar-refractivity contribution in [2.45, 2.75) is 39.8 Å². The van der Waals surface area contributed by atoms with Gasteiger partial charge in [0.2, 0.25) is 5.91 Å². The molecule has 0 heterocycles. The van der Waals surface area contributed by atoms with E-state index in [-0.39, 0.29) is 5.91 Å². The van der Waals surface area contributed by atoms with Crippen molar-refractivity contribution in [2.24, 2.45) is 5.92 Å². The fourth-order valence-corrected chi connectivity index (χ4v) is 1.20. The van der Waals surface area contributed by atoms with E-state index in [0.29, 0.717) is 17.9 Å². The Hall–Kier alpha value is -0.830. The highest BCUT2D eigenvalue weighted by Gasteiger charge is 2.23. The Kier molecular flexibility index (Phi) is 4.14. The molecule has 3 heteroatoms. The van der Waals surface area contributed by atoms with Gasteiger partial charge >= 0.3 is 0 Å². The van der Waals surface area contributed by atoms with Crippen LogP contribution >= 0.6 is 0 Å². The minimum Gasteiger partial charge on any atom is -0.371 e. The molecule has 0 saturated carbocycles. The largest absolute Gasteiger partial charge is 0.371 e. The summed E-state index contributed by atoms with van der Waals surface area (Å²) < 4.78 is 0. The summed E-state index contributed by atoms with van der Waals surface area (Å²) in [5, 5.41) is 12.2. The maximum Gasteiger partial charge on any atom is 0.248 e. The summed E-state index contributed by atoms with van der Waals surface area (Å²) in [6.45, 7) is 10.7. The van der Waals surface area contributed by atoms with Crippen molar-refractivity contribution >= 4 is 5.91 Å². The Morgan fingerprint density at radius 3 is 2.38 bits per heavy atom. The van der Waals surface area contributed by atoms with E-state index in [2.05, 4.69) is 11.9 Å². The number of carbonyl (C=O) groups excluding carboxylic acids is 1. The highest BCUT2D eigenvalue weighted by Crippen LogP contribution is 2.13. The molecule has 0 aliphatic rings. The lowest BCUT2D eigenvalue weighted by molar-refractivity contribution is -0.124. The first-order valence-corrected chi connectivity index (χ1v) is 4.45. The molecule has 0 bridgehead atoms. The van der Waals surface area contributed by atoms with E-state index < -0.39 is 5.72 Å². The molecule has 1 amide bonds. The van der Waals surface area contributed by atoms with Crippen LogP contribution in [0.5, 0.6) is 0 Å². The zero-order chi connectivity index (χ0) is 10.6.